The first-order valence-corrected chi connectivity index (χ1v) is 1.57. The SMILES string of the molecule is O=c1[nH][nH]c(=O)o1. The van der Waals surface area contributed by atoms with E-state index in [9.17, 15) is 9.59 Å². The van der Waals surface area contributed by atoms with Gasteiger partial charge in [-0.25, -0.2) is 19.8 Å². The minimum atomic E-state index is -0.759. The fraction of sp³-hybridized carbons (Fsp3) is 0. The van der Waals surface area contributed by atoms with E-state index in [1.54, 1.807) is 0 Å². The van der Waals surface area contributed by atoms with Crippen LogP contribution in [0.5, 0.6) is 0 Å². The molecule has 1 aromatic rings. The highest BCUT2D eigenvalue weighted by molar-refractivity contribution is 4.41. The third-order valence-corrected chi connectivity index (χ3v) is 0.452. The Balaban J connectivity index is 3.59. The molecule has 0 aliphatic heterocycles. The van der Waals surface area contributed by atoms with Crippen LogP contribution in [0, 0.1) is 0 Å². The Morgan fingerprint density at radius 2 is 1.57 bits per heavy atom. The van der Waals surface area contributed by atoms with Gasteiger partial charge >= 0.3 is 11.5 Å². The standard InChI is InChI=1S/C2H2N2O3/c5-1-3-4-2(6)7-1/h(H,3,5)(H,4,6). The molecule has 0 aromatic carbocycles. The molecule has 2 N–H and O–H groups in total. The van der Waals surface area contributed by atoms with Crippen LogP contribution in [0.1, 0.15) is 0 Å². The zero-order valence-electron chi connectivity index (χ0n) is 3.22. The van der Waals surface area contributed by atoms with Gasteiger partial charge in [0.25, 0.3) is 0 Å². The highest BCUT2D eigenvalue weighted by atomic mass is 16.5. The molecule has 5 heteroatoms. The molecule has 0 saturated heterocycles. The summed E-state index contributed by atoms with van der Waals surface area (Å²) in [4.78, 5) is 19.7. The Morgan fingerprint density at radius 3 is 1.71 bits per heavy atom. The van der Waals surface area contributed by atoms with Crippen LogP contribution in [0.4, 0.5) is 0 Å². The van der Waals surface area contributed by atoms with Crippen LogP contribution in [-0.2, 0) is 0 Å². The number of hydrogen-bond donors (Lipinski definition) is 2. The molecule has 7 heavy (non-hydrogen) atoms. The van der Waals surface area contributed by atoms with Crippen LogP contribution in [0.15, 0.2) is 14.0 Å². The maximum Gasteiger partial charge on any atom is 0.435 e. The van der Waals surface area contributed by atoms with Gasteiger partial charge in [-0.05, 0) is 0 Å². The molecule has 0 atom stereocenters. The normalized spacial score (nSPS) is 9.14. The first kappa shape index (κ1) is 3.91. The van der Waals surface area contributed by atoms with E-state index in [2.05, 4.69) is 4.42 Å². The summed E-state index contributed by atoms with van der Waals surface area (Å²) in [6.45, 7) is 0. The van der Waals surface area contributed by atoms with Crippen molar-refractivity contribution in [1.29, 1.82) is 0 Å². The number of aromatic nitrogens is 2. The van der Waals surface area contributed by atoms with Crippen molar-refractivity contribution >= 4 is 0 Å². The van der Waals surface area contributed by atoms with E-state index >= 15 is 0 Å². The molecule has 0 saturated carbocycles. The number of hydrogen-bond acceptors (Lipinski definition) is 3. The number of aromatic amines is 2. The van der Waals surface area contributed by atoms with E-state index in [1.807, 2.05) is 10.2 Å². The molecule has 0 amide bonds. The third-order valence-electron chi connectivity index (χ3n) is 0.452. The van der Waals surface area contributed by atoms with Crippen LogP contribution < -0.4 is 11.5 Å². The summed E-state index contributed by atoms with van der Waals surface area (Å²) in [5, 5.41) is 3.82. The fourth-order valence-corrected chi connectivity index (χ4v) is 0.237. The van der Waals surface area contributed by atoms with Gasteiger partial charge in [-0.15, -0.1) is 0 Å². The van der Waals surface area contributed by atoms with Crippen molar-refractivity contribution < 1.29 is 4.42 Å². The topological polar surface area (TPSA) is 78.9 Å². The zero-order chi connectivity index (χ0) is 5.28. The molecular formula is C2H2N2O3. The van der Waals surface area contributed by atoms with Gasteiger partial charge in [0.1, 0.15) is 0 Å². The van der Waals surface area contributed by atoms with Crippen molar-refractivity contribution in [3.63, 3.8) is 0 Å². The second-order valence-corrected chi connectivity index (χ2v) is 0.927. The lowest BCUT2D eigenvalue weighted by molar-refractivity contribution is 0.477. The minimum absolute atomic E-state index is 0.759. The van der Waals surface area contributed by atoms with Crippen LogP contribution in [0.3, 0.4) is 0 Å². The first-order valence-electron chi connectivity index (χ1n) is 1.57. The van der Waals surface area contributed by atoms with Gasteiger partial charge in [0.05, 0.1) is 0 Å². The lowest BCUT2D eigenvalue weighted by atomic mass is 11.4. The summed E-state index contributed by atoms with van der Waals surface area (Å²) in [6.07, 6.45) is 0. The second-order valence-electron chi connectivity index (χ2n) is 0.927. The number of rotatable bonds is 0. The molecule has 0 fully saturated rings. The Hall–Kier alpha value is -1.26. The Bertz CT molecular complexity index is 215. The molecule has 0 bridgehead atoms. The van der Waals surface area contributed by atoms with Crippen molar-refractivity contribution in [1.82, 2.24) is 10.2 Å². The number of H-pyrrole nitrogens is 2. The monoisotopic (exact) mass is 102 g/mol. The molecule has 0 unspecified atom stereocenters. The third kappa shape index (κ3) is 0.594. The van der Waals surface area contributed by atoms with Gasteiger partial charge in [-0.3, -0.25) is 0 Å². The summed E-state index contributed by atoms with van der Waals surface area (Å²) in [5.74, 6) is -1.52. The quantitative estimate of drug-likeness (QED) is 0.425. The van der Waals surface area contributed by atoms with Crippen LogP contribution >= 0.6 is 0 Å². The molecule has 0 radical (unpaired) electrons. The molecule has 38 valence electrons. The molecule has 0 spiro atoms. The van der Waals surface area contributed by atoms with Crippen LogP contribution in [0.25, 0.3) is 0 Å². The van der Waals surface area contributed by atoms with Gasteiger partial charge in [-0.1, -0.05) is 0 Å². The average Bonchev–Trinajstić information content (AvgIpc) is 1.87. The molecule has 0 aliphatic carbocycles. The summed E-state index contributed by atoms with van der Waals surface area (Å²) >= 11 is 0. The van der Waals surface area contributed by atoms with E-state index in [-0.39, 0.29) is 0 Å². The largest absolute Gasteiger partial charge is 0.435 e. The van der Waals surface area contributed by atoms with Crippen molar-refractivity contribution in [3.8, 4) is 0 Å². The summed E-state index contributed by atoms with van der Waals surface area (Å²) in [6, 6.07) is 0. The first-order chi connectivity index (χ1) is 3.29. The average molecular weight is 102 g/mol. The lowest BCUT2D eigenvalue weighted by Gasteiger charge is -1.48. The smallest absolute Gasteiger partial charge is 0.357 e. The van der Waals surface area contributed by atoms with E-state index in [1.165, 1.54) is 0 Å². The van der Waals surface area contributed by atoms with Gasteiger partial charge in [-0.2, -0.15) is 0 Å². The maximum atomic E-state index is 9.84. The number of nitrogens with one attached hydrogen (secondary N) is 2. The Morgan fingerprint density at radius 1 is 1.14 bits per heavy atom. The van der Waals surface area contributed by atoms with Gasteiger partial charge in [0, 0.05) is 0 Å². The molecule has 1 aromatic heterocycles. The highest BCUT2D eigenvalue weighted by Gasteiger charge is 1.83. The molecule has 5 nitrogen and oxygen atoms in total. The van der Waals surface area contributed by atoms with Gasteiger partial charge < -0.3 is 4.42 Å². The van der Waals surface area contributed by atoms with Crippen LogP contribution in [0.2, 0.25) is 0 Å². The molecular weight excluding hydrogens is 100 g/mol. The van der Waals surface area contributed by atoms with Crippen molar-refractivity contribution in [2.45, 2.75) is 0 Å². The summed E-state index contributed by atoms with van der Waals surface area (Å²) < 4.78 is 3.86. The minimum Gasteiger partial charge on any atom is -0.357 e. The van der Waals surface area contributed by atoms with Gasteiger partial charge in [0.15, 0.2) is 0 Å². The lowest BCUT2D eigenvalue weighted by Crippen LogP contribution is -1.96. The fourth-order valence-electron chi connectivity index (χ4n) is 0.237. The van der Waals surface area contributed by atoms with Crippen LogP contribution in [-0.4, -0.2) is 10.2 Å². The predicted octanol–water partition coefficient (Wildman–Crippen LogP) is -1.34. The van der Waals surface area contributed by atoms with E-state index in [0.717, 1.165) is 0 Å². The van der Waals surface area contributed by atoms with Crippen molar-refractivity contribution in [3.05, 3.63) is 21.1 Å². The zero-order valence-corrected chi connectivity index (χ0v) is 3.22. The summed E-state index contributed by atoms with van der Waals surface area (Å²) in [7, 11) is 0. The highest BCUT2D eigenvalue weighted by Crippen LogP contribution is 1.40. The summed E-state index contributed by atoms with van der Waals surface area (Å²) in [5.41, 5.74) is 0. The van der Waals surface area contributed by atoms with Gasteiger partial charge in [0.2, 0.25) is 0 Å². The molecule has 1 heterocycles. The van der Waals surface area contributed by atoms with E-state index in [4.69, 9.17) is 0 Å². The second kappa shape index (κ2) is 1.11. The Labute approximate surface area is 37.0 Å². The van der Waals surface area contributed by atoms with Crippen molar-refractivity contribution in [2.24, 2.45) is 0 Å². The predicted molar refractivity (Wildman–Crippen MR) is 19.9 cm³/mol. The van der Waals surface area contributed by atoms with E-state index < -0.39 is 11.5 Å². The molecule has 0 aliphatic rings. The molecule has 1 rings (SSSR count). The van der Waals surface area contributed by atoms with Crippen molar-refractivity contribution in [2.75, 3.05) is 0 Å². The van der Waals surface area contributed by atoms with E-state index in [0.29, 0.717) is 0 Å². The Kier molecular flexibility index (Phi) is 0.619. The maximum absolute atomic E-state index is 9.84.